The van der Waals surface area contributed by atoms with Crippen LogP contribution in [0.1, 0.15) is 33.0 Å². The van der Waals surface area contributed by atoms with E-state index in [0.29, 0.717) is 0 Å². The second-order valence-electron chi connectivity index (χ2n) is 9.14. The molecule has 38 heavy (non-hydrogen) atoms. The molecule has 4 aromatic rings. The minimum absolute atomic E-state index is 0.0811. The number of nitrogens with one attached hydrogen (secondary N) is 1. The second kappa shape index (κ2) is 10.6. The molecule has 0 heterocycles. The Morgan fingerprint density at radius 1 is 0.737 bits per heavy atom. The van der Waals surface area contributed by atoms with Crippen LogP contribution in [0.2, 0.25) is 0 Å². The first-order valence-corrected chi connectivity index (χ1v) is 12.2. The summed E-state index contributed by atoms with van der Waals surface area (Å²) < 4.78 is 5.51. The molecule has 1 aliphatic rings. The smallest absolute Gasteiger partial charge is 0.407 e. The fourth-order valence-corrected chi connectivity index (χ4v) is 4.86. The van der Waals surface area contributed by atoms with Crippen LogP contribution in [0.3, 0.4) is 0 Å². The van der Waals surface area contributed by atoms with Gasteiger partial charge in [-0.1, -0.05) is 84.9 Å². The predicted molar refractivity (Wildman–Crippen MR) is 142 cm³/mol. The molecule has 0 aliphatic heterocycles. The quantitative estimate of drug-likeness (QED) is 0.287. The highest BCUT2D eigenvalue weighted by Crippen LogP contribution is 2.44. The highest BCUT2D eigenvalue weighted by atomic mass is 16.5. The molecule has 0 unspecified atom stereocenters. The summed E-state index contributed by atoms with van der Waals surface area (Å²) in [7, 11) is 0. The first-order valence-electron chi connectivity index (χ1n) is 12.2. The number of rotatable bonds is 8. The Hall–Kier alpha value is -4.91. The van der Waals surface area contributed by atoms with E-state index < -0.39 is 24.1 Å². The van der Waals surface area contributed by atoms with Crippen LogP contribution in [0, 0.1) is 0 Å². The normalized spacial score (nSPS) is 12.7. The van der Waals surface area contributed by atoms with Crippen molar-refractivity contribution in [1.29, 1.82) is 0 Å². The molecule has 4 aromatic carbocycles. The van der Waals surface area contributed by atoms with Crippen molar-refractivity contribution >= 4 is 18.0 Å². The van der Waals surface area contributed by atoms with Gasteiger partial charge in [-0.05, 0) is 51.1 Å². The number of hydrogen-bond acceptors (Lipinski definition) is 4. The molecule has 0 spiro atoms. The Bertz CT molecular complexity index is 1450. The zero-order valence-corrected chi connectivity index (χ0v) is 20.3. The molecule has 7 heteroatoms. The molecule has 190 valence electrons. The number of aliphatic carboxylic acids is 1. The first-order chi connectivity index (χ1) is 18.4. The molecule has 0 aromatic heterocycles. The van der Waals surface area contributed by atoms with Crippen molar-refractivity contribution in [3.63, 3.8) is 0 Å². The maximum Gasteiger partial charge on any atom is 0.407 e. The zero-order chi connectivity index (χ0) is 26.6. The molecule has 1 aliphatic carbocycles. The Kier molecular flexibility index (Phi) is 6.91. The fraction of sp³-hybridized carbons (Fsp3) is 0.129. The van der Waals surface area contributed by atoms with E-state index in [4.69, 9.17) is 9.84 Å². The number of hydrogen-bond donors (Lipinski definition) is 3. The minimum Gasteiger partial charge on any atom is -0.480 e. The van der Waals surface area contributed by atoms with Crippen LogP contribution < -0.4 is 5.32 Å². The lowest BCUT2D eigenvalue weighted by Crippen LogP contribution is -2.42. The number of carbonyl (C=O) groups is 3. The number of aromatic carboxylic acids is 1. The summed E-state index contributed by atoms with van der Waals surface area (Å²) in [6, 6.07) is 28.6. The number of alkyl carbamates (subject to hydrolysis) is 1. The largest absolute Gasteiger partial charge is 0.480 e. The van der Waals surface area contributed by atoms with E-state index >= 15 is 0 Å². The second-order valence-corrected chi connectivity index (χ2v) is 9.14. The van der Waals surface area contributed by atoms with Crippen LogP contribution in [0.25, 0.3) is 22.3 Å². The van der Waals surface area contributed by atoms with Crippen molar-refractivity contribution in [1.82, 2.24) is 5.32 Å². The molecule has 0 bridgehead atoms. The lowest BCUT2D eigenvalue weighted by Gasteiger charge is -2.17. The predicted octanol–water partition coefficient (Wildman–Crippen LogP) is 5.59. The fourth-order valence-electron chi connectivity index (χ4n) is 4.86. The van der Waals surface area contributed by atoms with Gasteiger partial charge in [-0.15, -0.1) is 0 Å². The van der Waals surface area contributed by atoms with Crippen LogP contribution >= 0.6 is 0 Å². The molecule has 0 radical (unpaired) electrons. The van der Waals surface area contributed by atoms with E-state index in [1.807, 2.05) is 60.7 Å². The third-order valence-electron chi connectivity index (χ3n) is 6.79. The van der Waals surface area contributed by atoms with E-state index in [0.717, 1.165) is 38.9 Å². The first kappa shape index (κ1) is 24.8. The van der Waals surface area contributed by atoms with Crippen molar-refractivity contribution < 1.29 is 29.3 Å². The summed E-state index contributed by atoms with van der Waals surface area (Å²) in [5.74, 6) is -2.27. The molecule has 7 nitrogen and oxygen atoms in total. The number of benzene rings is 4. The number of carboxylic acids is 2. The number of carboxylic acid groups (broad SMARTS) is 2. The monoisotopic (exact) mass is 507 g/mol. The third kappa shape index (κ3) is 5.13. The number of fused-ring (bicyclic) bond motifs is 3. The summed E-state index contributed by atoms with van der Waals surface area (Å²) in [4.78, 5) is 35.5. The van der Waals surface area contributed by atoms with Gasteiger partial charge in [0, 0.05) is 12.3 Å². The molecule has 1 amide bonds. The van der Waals surface area contributed by atoms with Gasteiger partial charge in [0.1, 0.15) is 12.6 Å². The number of carbonyl (C=O) groups excluding carboxylic acids is 1. The van der Waals surface area contributed by atoms with Gasteiger partial charge in [0.05, 0.1) is 5.56 Å². The maximum atomic E-state index is 12.6. The van der Waals surface area contributed by atoms with E-state index in [9.17, 15) is 19.5 Å². The van der Waals surface area contributed by atoms with Gasteiger partial charge in [-0.3, -0.25) is 0 Å². The summed E-state index contributed by atoms with van der Waals surface area (Å²) in [5, 5.41) is 21.2. The Balaban J connectivity index is 1.21. The van der Waals surface area contributed by atoms with Crippen LogP contribution in [0.4, 0.5) is 4.79 Å². The van der Waals surface area contributed by atoms with Crippen molar-refractivity contribution in [2.45, 2.75) is 18.4 Å². The molecular weight excluding hydrogens is 482 g/mol. The lowest BCUT2D eigenvalue weighted by molar-refractivity contribution is -0.139. The van der Waals surface area contributed by atoms with E-state index in [1.54, 1.807) is 24.3 Å². The molecule has 1 atom stereocenters. The molecule has 3 N–H and O–H groups in total. The molecule has 5 rings (SSSR count). The average Bonchev–Trinajstić information content (AvgIpc) is 3.25. The summed E-state index contributed by atoms with van der Waals surface area (Å²) in [6.45, 7) is 0.0988. The standard InChI is InChI=1S/C31H25NO6/c33-29(34)22-15-13-21(14-16-22)20-11-9-19(10-12-20)17-28(30(35)36)32-31(37)38-18-27-25-7-3-1-5-23(25)24-6-2-4-8-26(24)27/h1-16,27-28H,17-18H2,(H,32,37)(H,33,34)(H,35,36)/t28-/m0/s1. The van der Waals surface area contributed by atoms with Crippen molar-refractivity contribution in [3.8, 4) is 22.3 Å². The van der Waals surface area contributed by atoms with Crippen molar-refractivity contribution in [2.24, 2.45) is 0 Å². The number of ether oxygens (including phenoxy) is 1. The Morgan fingerprint density at radius 2 is 1.26 bits per heavy atom. The van der Waals surface area contributed by atoms with Crippen LogP contribution in [0.5, 0.6) is 0 Å². The van der Waals surface area contributed by atoms with E-state index in [-0.39, 0.29) is 24.5 Å². The number of amides is 1. The van der Waals surface area contributed by atoms with Gasteiger partial charge in [0.15, 0.2) is 0 Å². The van der Waals surface area contributed by atoms with Crippen LogP contribution in [-0.4, -0.2) is 40.9 Å². The highest BCUT2D eigenvalue weighted by Gasteiger charge is 2.29. The summed E-state index contributed by atoms with van der Waals surface area (Å²) >= 11 is 0. The van der Waals surface area contributed by atoms with Crippen molar-refractivity contribution in [3.05, 3.63) is 119 Å². The molecule has 0 fully saturated rings. The average molecular weight is 508 g/mol. The van der Waals surface area contributed by atoms with Crippen LogP contribution in [-0.2, 0) is 16.0 Å². The van der Waals surface area contributed by atoms with E-state index in [2.05, 4.69) is 5.32 Å². The minimum atomic E-state index is -1.16. The molecular formula is C31H25NO6. The third-order valence-corrected chi connectivity index (χ3v) is 6.79. The Morgan fingerprint density at radius 3 is 1.79 bits per heavy atom. The molecule has 0 saturated carbocycles. The summed E-state index contributed by atoms with van der Waals surface area (Å²) in [5.41, 5.74) is 7.01. The zero-order valence-electron chi connectivity index (χ0n) is 20.3. The summed E-state index contributed by atoms with van der Waals surface area (Å²) in [6.07, 6.45) is -0.702. The van der Waals surface area contributed by atoms with Gasteiger partial charge < -0.3 is 20.3 Å². The van der Waals surface area contributed by atoms with Gasteiger partial charge in [-0.25, -0.2) is 14.4 Å². The SMILES string of the molecule is O=C(N[C@@H](Cc1ccc(-c2ccc(C(=O)O)cc2)cc1)C(=O)O)OCC1c2ccccc2-c2ccccc21. The van der Waals surface area contributed by atoms with Crippen molar-refractivity contribution in [2.75, 3.05) is 6.61 Å². The topological polar surface area (TPSA) is 113 Å². The van der Waals surface area contributed by atoms with Gasteiger partial charge >= 0.3 is 18.0 Å². The lowest BCUT2D eigenvalue weighted by atomic mass is 9.98. The molecule has 0 saturated heterocycles. The van der Waals surface area contributed by atoms with Gasteiger partial charge in [0.25, 0.3) is 0 Å². The van der Waals surface area contributed by atoms with Crippen LogP contribution in [0.15, 0.2) is 97.1 Å². The Labute approximate surface area is 219 Å². The van der Waals surface area contributed by atoms with Gasteiger partial charge in [-0.2, -0.15) is 0 Å². The highest BCUT2D eigenvalue weighted by molar-refractivity contribution is 5.88. The maximum absolute atomic E-state index is 12.6. The van der Waals surface area contributed by atoms with Gasteiger partial charge in [0.2, 0.25) is 0 Å². The van der Waals surface area contributed by atoms with E-state index in [1.165, 1.54) is 12.1 Å².